The Morgan fingerprint density at radius 1 is 0.683 bits per heavy atom. The molecule has 0 heterocycles. The van der Waals surface area contributed by atoms with Crippen LogP contribution in [0.1, 0.15) is 72.6 Å². The SMILES string of the molecule is CNc1ccc(C(=O)Nc2ccc(C(=O)Nc3ccc(C(=O)OC(C)C)cc3OC(C)C)c(O)c2)c(OC(C)C)c1. The summed E-state index contributed by atoms with van der Waals surface area (Å²) in [6.07, 6.45) is -0.673. The Bertz CT molecular complexity index is 1420. The third-order valence-corrected chi connectivity index (χ3v) is 5.55. The van der Waals surface area contributed by atoms with Crippen LogP contribution < -0.4 is 25.4 Å². The predicted molar refractivity (Wildman–Crippen MR) is 159 cm³/mol. The van der Waals surface area contributed by atoms with Gasteiger partial charge >= 0.3 is 5.97 Å². The lowest BCUT2D eigenvalue weighted by molar-refractivity contribution is 0.0377. The van der Waals surface area contributed by atoms with Crippen LogP contribution in [0.25, 0.3) is 0 Å². The Balaban J connectivity index is 1.80. The summed E-state index contributed by atoms with van der Waals surface area (Å²) in [5.74, 6) is -1.21. The number of ether oxygens (including phenoxy) is 3. The average molecular weight is 564 g/mol. The molecule has 218 valence electrons. The number of anilines is 3. The second kappa shape index (κ2) is 13.6. The zero-order valence-electron chi connectivity index (χ0n) is 24.3. The molecule has 0 saturated heterocycles. The van der Waals surface area contributed by atoms with Crippen LogP contribution in [0.15, 0.2) is 54.6 Å². The highest BCUT2D eigenvalue weighted by Crippen LogP contribution is 2.31. The van der Waals surface area contributed by atoms with Crippen LogP contribution >= 0.6 is 0 Å². The first-order valence-electron chi connectivity index (χ1n) is 13.3. The van der Waals surface area contributed by atoms with Gasteiger partial charge in [-0.2, -0.15) is 0 Å². The molecule has 2 amide bonds. The van der Waals surface area contributed by atoms with E-state index >= 15 is 0 Å². The molecule has 3 rings (SSSR count). The Morgan fingerprint density at radius 2 is 1.29 bits per heavy atom. The van der Waals surface area contributed by atoms with Crippen molar-refractivity contribution < 1.29 is 33.7 Å². The highest BCUT2D eigenvalue weighted by molar-refractivity contribution is 6.09. The van der Waals surface area contributed by atoms with E-state index in [9.17, 15) is 19.5 Å². The Labute approximate surface area is 240 Å². The number of esters is 1. The first kappa shape index (κ1) is 30.8. The zero-order chi connectivity index (χ0) is 30.3. The van der Waals surface area contributed by atoms with Crippen molar-refractivity contribution in [3.8, 4) is 17.2 Å². The largest absolute Gasteiger partial charge is 0.507 e. The van der Waals surface area contributed by atoms with E-state index in [-0.39, 0.29) is 46.6 Å². The summed E-state index contributed by atoms with van der Waals surface area (Å²) in [5, 5.41) is 19.1. The molecule has 0 atom stereocenters. The van der Waals surface area contributed by atoms with Crippen molar-refractivity contribution in [2.45, 2.75) is 59.9 Å². The standard InChI is InChI=1S/C31H37N3O7/c1-17(2)39-27-16-21(32-7)9-12-24(27)30(37)33-22-10-11-23(26(35)15-22)29(36)34-25-13-8-20(31(38)41-19(5)6)14-28(25)40-18(3)4/h8-19,32,35H,1-7H3,(H,33,37)(H,34,36). The molecule has 0 aromatic heterocycles. The molecule has 0 spiro atoms. The van der Waals surface area contributed by atoms with Crippen molar-refractivity contribution in [1.82, 2.24) is 0 Å². The molecule has 0 saturated carbocycles. The minimum Gasteiger partial charge on any atom is -0.507 e. The number of amides is 2. The van der Waals surface area contributed by atoms with Gasteiger partial charge in [-0.1, -0.05) is 0 Å². The molecular weight excluding hydrogens is 526 g/mol. The van der Waals surface area contributed by atoms with E-state index in [2.05, 4.69) is 16.0 Å². The maximum absolute atomic E-state index is 13.1. The summed E-state index contributed by atoms with van der Waals surface area (Å²) in [7, 11) is 1.77. The van der Waals surface area contributed by atoms with Gasteiger partial charge in [-0.25, -0.2) is 4.79 Å². The quantitative estimate of drug-likeness (QED) is 0.206. The van der Waals surface area contributed by atoms with Crippen LogP contribution in [0.5, 0.6) is 17.2 Å². The number of hydrogen-bond acceptors (Lipinski definition) is 8. The lowest BCUT2D eigenvalue weighted by atomic mass is 10.1. The number of aromatic hydroxyl groups is 1. The third-order valence-electron chi connectivity index (χ3n) is 5.55. The van der Waals surface area contributed by atoms with E-state index in [1.807, 2.05) is 27.7 Å². The van der Waals surface area contributed by atoms with Crippen LogP contribution in [0, 0.1) is 0 Å². The van der Waals surface area contributed by atoms with Crippen LogP contribution in [0.3, 0.4) is 0 Å². The van der Waals surface area contributed by atoms with E-state index < -0.39 is 17.8 Å². The maximum atomic E-state index is 13.1. The van der Waals surface area contributed by atoms with Gasteiger partial charge in [-0.05, 0) is 84.0 Å². The van der Waals surface area contributed by atoms with E-state index in [1.165, 1.54) is 36.4 Å². The van der Waals surface area contributed by atoms with Crippen molar-refractivity contribution in [3.63, 3.8) is 0 Å². The lowest BCUT2D eigenvalue weighted by Gasteiger charge is -2.17. The number of carbonyl (C=O) groups is 3. The van der Waals surface area contributed by atoms with Crippen molar-refractivity contribution >= 4 is 34.8 Å². The summed E-state index contributed by atoms with van der Waals surface area (Å²) >= 11 is 0. The highest BCUT2D eigenvalue weighted by Gasteiger charge is 2.20. The summed E-state index contributed by atoms with van der Waals surface area (Å²) in [5.41, 5.74) is 1.95. The van der Waals surface area contributed by atoms with Gasteiger partial charge in [-0.15, -0.1) is 0 Å². The van der Waals surface area contributed by atoms with Gasteiger partial charge in [0.2, 0.25) is 0 Å². The molecule has 10 heteroatoms. The fraction of sp³-hybridized carbons (Fsp3) is 0.323. The molecule has 0 aliphatic heterocycles. The van der Waals surface area contributed by atoms with Gasteiger partial charge in [0.25, 0.3) is 11.8 Å². The number of benzene rings is 3. The van der Waals surface area contributed by atoms with Gasteiger partial charge < -0.3 is 35.3 Å². The molecule has 0 fully saturated rings. The topological polar surface area (TPSA) is 135 Å². The smallest absolute Gasteiger partial charge is 0.338 e. The van der Waals surface area contributed by atoms with Crippen molar-refractivity contribution in [3.05, 3.63) is 71.3 Å². The van der Waals surface area contributed by atoms with Crippen LogP contribution in [0.4, 0.5) is 17.1 Å². The number of phenolic OH excluding ortho intramolecular Hbond substituents is 1. The van der Waals surface area contributed by atoms with Gasteiger partial charge in [0.15, 0.2) is 0 Å². The number of nitrogens with one attached hydrogen (secondary N) is 3. The monoisotopic (exact) mass is 563 g/mol. The molecular formula is C31H37N3O7. The number of phenols is 1. The maximum Gasteiger partial charge on any atom is 0.338 e. The Kier molecular flexibility index (Phi) is 10.2. The molecule has 3 aromatic rings. The molecule has 0 bridgehead atoms. The minimum atomic E-state index is -0.609. The molecule has 0 aliphatic carbocycles. The average Bonchev–Trinajstić information content (AvgIpc) is 2.88. The minimum absolute atomic E-state index is 0.0241. The first-order valence-corrected chi connectivity index (χ1v) is 13.3. The van der Waals surface area contributed by atoms with Crippen LogP contribution in [-0.2, 0) is 4.74 Å². The van der Waals surface area contributed by atoms with Gasteiger partial charge in [0.1, 0.15) is 17.2 Å². The molecule has 41 heavy (non-hydrogen) atoms. The molecule has 0 unspecified atom stereocenters. The number of carbonyl (C=O) groups excluding carboxylic acids is 3. The first-order chi connectivity index (χ1) is 19.4. The van der Waals surface area contributed by atoms with Crippen molar-refractivity contribution in [1.29, 1.82) is 0 Å². The van der Waals surface area contributed by atoms with E-state index in [4.69, 9.17) is 14.2 Å². The third kappa shape index (κ3) is 8.38. The zero-order valence-corrected chi connectivity index (χ0v) is 24.3. The number of rotatable bonds is 11. The summed E-state index contributed by atoms with van der Waals surface area (Å²) in [4.78, 5) is 38.4. The van der Waals surface area contributed by atoms with Crippen LogP contribution in [-0.4, -0.2) is 48.2 Å². The summed E-state index contributed by atoms with van der Waals surface area (Å²) < 4.78 is 16.9. The summed E-state index contributed by atoms with van der Waals surface area (Å²) in [6.45, 7) is 10.9. The van der Waals surface area contributed by atoms with E-state index in [0.29, 0.717) is 17.0 Å². The normalized spacial score (nSPS) is 10.9. The van der Waals surface area contributed by atoms with Gasteiger partial charge in [-0.3, -0.25) is 9.59 Å². The molecule has 0 aliphatic rings. The lowest BCUT2D eigenvalue weighted by Crippen LogP contribution is -2.17. The Hall–Kier alpha value is -4.73. The van der Waals surface area contributed by atoms with E-state index in [0.717, 1.165) is 5.69 Å². The second-order valence-electron chi connectivity index (χ2n) is 10.1. The highest BCUT2D eigenvalue weighted by atomic mass is 16.5. The fourth-order valence-corrected chi connectivity index (χ4v) is 3.79. The van der Waals surface area contributed by atoms with Crippen LogP contribution in [0.2, 0.25) is 0 Å². The molecule has 0 radical (unpaired) electrons. The fourth-order valence-electron chi connectivity index (χ4n) is 3.79. The predicted octanol–water partition coefficient (Wildman–Crippen LogP) is 6.08. The summed E-state index contributed by atoms with van der Waals surface area (Å²) in [6, 6.07) is 13.9. The Morgan fingerprint density at radius 3 is 1.90 bits per heavy atom. The van der Waals surface area contributed by atoms with Gasteiger partial charge in [0.05, 0.1) is 40.7 Å². The van der Waals surface area contributed by atoms with E-state index in [1.54, 1.807) is 39.1 Å². The molecule has 3 aromatic carbocycles. The second-order valence-corrected chi connectivity index (χ2v) is 10.1. The van der Waals surface area contributed by atoms with Gasteiger partial charge in [0, 0.05) is 30.6 Å². The van der Waals surface area contributed by atoms with Crippen molar-refractivity contribution in [2.75, 3.05) is 23.0 Å². The molecule has 4 N–H and O–H groups in total. The molecule has 10 nitrogen and oxygen atoms in total. The van der Waals surface area contributed by atoms with Crippen molar-refractivity contribution in [2.24, 2.45) is 0 Å². The number of hydrogen-bond donors (Lipinski definition) is 4.